The number of fused-ring (bicyclic) bond motifs is 1. The predicted octanol–water partition coefficient (Wildman–Crippen LogP) is 3.21. The maximum Gasteiger partial charge on any atom is 0.162 e. The fourth-order valence-corrected chi connectivity index (χ4v) is 3.03. The van der Waals surface area contributed by atoms with Crippen LogP contribution >= 0.6 is 15.9 Å². The van der Waals surface area contributed by atoms with E-state index in [4.69, 9.17) is 9.47 Å². The van der Waals surface area contributed by atoms with Crippen LogP contribution in [0, 0.1) is 0 Å². The lowest BCUT2D eigenvalue weighted by Gasteiger charge is -2.27. The number of ether oxygens (including phenoxy) is 2. The highest BCUT2D eigenvalue weighted by molar-refractivity contribution is 9.10. The number of benzene rings is 1. The first-order chi connectivity index (χ1) is 8.83. The SMILES string of the molecule is Brc1cc2c(cc1CN1CCCCC1)OCCO2. The van der Waals surface area contributed by atoms with Crippen LogP contribution < -0.4 is 9.47 Å². The van der Waals surface area contributed by atoms with Gasteiger partial charge in [-0.3, -0.25) is 4.90 Å². The lowest BCUT2D eigenvalue weighted by Crippen LogP contribution is -2.29. The molecule has 0 aliphatic carbocycles. The molecule has 2 aliphatic heterocycles. The zero-order valence-electron chi connectivity index (χ0n) is 10.5. The molecule has 1 aromatic carbocycles. The Morgan fingerprint density at radius 2 is 1.67 bits per heavy atom. The summed E-state index contributed by atoms with van der Waals surface area (Å²) in [5.41, 5.74) is 1.29. The van der Waals surface area contributed by atoms with Crippen LogP contribution in [0.3, 0.4) is 0 Å². The molecule has 0 saturated carbocycles. The van der Waals surface area contributed by atoms with E-state index in [9.17, 15) is 0 Å². The van der Waals surface area contributed by atoms with Gasteiger partial charge >= 0.3 is 0 Å². The van der Waals surface area contributed by atoms with Crippen LogP contribution in [-0.4, -0.2) is 31.2 Å². The quantitative estimate of drug-likeness (QED) is 0.837. The maximum atomic E-state index is 5.64. The molecule has 1 fully saturated rings. The first-order valence-electron chi connectivity index (χ1n) is 6.63. The second-order valence-electron chi connectivity index (χ2n) is 4.92. The Hall–Kier alpha value is -0.740. The standard InChI is InChI=1S/C14H18BrNO2/c15-12-9-14-13(17-6-7-18-14)8-11(12)10-16-4-2-1-3-5-16/h8-9H,1-7,10H2. The number of halogens is 1. The van der Waals surface area contributed by atoms with Gasteiger partial charge in [0.15, 0.2) is 11.5 Å². The average Bonchev–Trinajstić information content (AvgIpc) is 2.41. The summed E-state index contributed by atoms with van der Waals surface area (Å²) in [6.07, 6.45) is 4.02. The Balaban J connectivity index is 1.78. The Labute approximate surface area is 116 Å². The Morgan fingerprint density at radius 1 is 1.00 bits per heavy atom. The van der Waals surface area contributed by atoms with Crippen molar-refractivity contribution in [3.63, 3.8) is 0 Å². The van der Waals surface area contributed by atoms with Gasteiger partial charge in [0.05, 0.1) is 0 Å². The molecule has 0 unspecified atom stereocenters. The fraction of sp³-hybridized carbons (Fsp3) is 0.571. The van der Waals surface area contributed by atoms with Gasteiger partial charge in [-0.1, -0.05) is 22.4 Å². The second-order valence-corrected chi connectivity index (χ2v) is 5.78. The van der Waals surface area contributed by atoms with E-state index < -0.39 is 0 Å². The lowest BCUT2D eigenvalue weighted by atomic mass is 10.1. The minimum Gasteiger partial charge on any atom is -0.486 e. The first-order valence-corrected chi connectivity index (χ1v) is 7.42. The minimum atomic E-state index is 0.644. The number of hydrogen-bond donors (Lipinski definition) is 0. The molecule has 0 atom stereocenters. The Morgan fingerprint density at radius 3 is 2.39 bits per heavy atom. The molecular formula is C14H18BrNO2. The van der Waals surface area contributed by atoms with Crippen molar-refractivity contribution in [1.29, 1.82) is 0 Å². The molecule has 1 aromatic rings. The number of piperidine rings is 1. The molecule has 3 rings (SSSR count). The molecule has 0 radical (unpaired) electrons. The molecule has 0 N–H and O–H groups in total. The van der Waals surface area contributed by atoms with Gasteiger partial charge in [0.25, 0.3) is 0 Å². The van der Waals surface area contributed by atoms with E-state index in [1.54, 1.807) is 0 Å². The van der Waals surface area contributed by atoms with Gasteiger partial charge in [-0.25, -0.2) is 0 Å². The van der Waals surface area contributed by atoms with Gasteiger partial charge in [-0.15, -0.1) is 0 Å². The van der Waals surface area contributed by atoms with E-state index >= 15 is 0 Å². The Kier molecular flexibility index (Phi) is 3.75. The summed E-state index contributed by atoms with van der Waals surface area (Å²) < 4.78 is 12.3. The normalized spacial score (nSPS) is 19.8. The molecule has 2 heterocycles. The van der Waals surface area contributed by atoms with Crippen molar-refractivity contribution in [2.45, 2.75) is 25.8 Å². The van der Waals surface area contributed by atoms with Gasteiger partial charge < -0.3 is 9.47 Å². The molecule has 3 nitrogen and oxygen atoms in total. The van der Waals surface area contributed by atoms with Gasteiger partial charge in [-0.2, -0.15) is 0 Å². The van der Waals surface area contributed by atoms with Crippen molar-refractivity contribution in [3.05, 3.63) is 22.2 Å². The largest absolute Gasteiger partial charge is 0.486 e. The van der Waals surface area contributed by atoms with Crippen LogP contribution in [0.1, 0.15) is 24.8 Å². The summed E-state index contributed by atoms with van der Waals surface area (Å²) in [5, 5.41) is 0. The van der Waals surface area contributed by atoms with Crippen molar-refractivity contribution in [3.8, 4) is 11.5 Å². The monoisotopic (exact) mass is 311 g/mol. The van der Waals surface area contributed by atoms with Crippen molar-refractivity contribution < 1.29 is 9.47 Å². The lowest BCUT2D eigenvalue weighted by molar-refractivity contribution is 0.170. The fourth-order valence-electron chi connectivity index (χ4n) is 2.59. The van der Waals surface area contributed by atoms with E-state index in [1.807, 2.05) is 6.07 Å². The Bertz CT molecular complexity index is 430. The van der Waals surface area contributed by atoms with Crippen LogP contribution in [0.15, 0.2) is 16.6 Å². The van der Waals surface area contributed by atoms with Crippen molar-refractivity contribution in [1.82, 2.24) is 4.90 Å². The molecule has 0 amide bonds. The topological polar surface area (TPSA) is 21.7 Å². The van der Waals surface area contributed by atoms with Crippen molar-refractivity contribution >= 4 is 15.9 Å². The van der Waals surface area contributed by atoms with Crippen molar-refractivity contribution in [2.24, 2.45) is 0 Å². The highest BCUT2D eigenvalue weighted by atomic mass is 79.9. The molecule has 98 valence electrons. The number of likely N-dealkylation sites (tertiary alicyclic amines) is 1. The number of nitrogens with zero attached hydrogens (tertiary/aromatic N) is 1. The summed E-state index contributed by atoms with van der Waals surface area (Å²) >= 11 is 3.64. The van der Waals surface area contributed by atoms with E-state index in [0.717, 1.165) is 22.5 Å². The summed E-state index contributed by atoms with van der Waals surface area (Å²) in [4.78, 5) is 2.51. The van der Waals surface area contributed by atoms with Gasteiger partial charge in [0, 0.05) is 11.0 Å². The molecule has 0 spiro atoms. The maximum absolute atomic E-state index is 5.64. The zero-order chi connectivity index (χ0) is 12.4. The molecule has 18 heavy (non-hydrogen) atoms. The molecule has 0 aromatic heterocycles. The van der Waals surface area contributed by atoms with Crippen molar-refractivity contribution in [2.75, 3.05) is 26.3 Å². The third kappa shape index (κ3) is 2.64. The molecular weight excluding hydrogens is 294 g/mol. The minimum absolute atomic E-state index is 0.644. The van der Waals surface area contributed by atoms with Gasteiger partial charge in [0.1, 0.15) is 13.2 Å². The van der Waals surface area contributed by atoms with Crippen LogP contribution in [0.5, 0.6) is 11.5 Å². The highest BCUT2D eigenvalue weighted by Crippen LogP contribution is 2.36. The van der Waals surface area contributed by atoms with Crippen LogP contribution in [0.25, 0.3) is 0 Å². The van der Waals surface area contributed by atoms with E-state index in [2.05, 4.69) is 26.9 Å². The average molecular weight is 312 g/mol. The van der Waals surface area contributed by atoms with Crippen LogP contribution in [0.2, 0.25) is 0 Å². The van der Waals surface area contributed by atoms with Gasteiger partial charge in [-0.05, 0) is 43.6 Å². The predicted molar refractivity (Wildman–Crippen MR) is 74.3 cm³/mol. The number of rotatable bonds is 2. The van der Waals surface area contributed by atoms with E-state index in [0.29, 0.717) is 13.2 Å². The zero-order valence-corrected chi connectivity index (χ0v) is 12.0. The number of hydrogen-bond acceptors (Lipinski definition) is 3. The van der Waals surface area contributed by atoms with Crippen LogP contribution in [0.4, 0.5) is 0 Å². The highest BCUT2D eigenvalue weighted by Gasteiger charge is 2.17. The molecule has 0 bridgehead atoms. The second kappa shape index (κ2) is 5.49. The smallest absolute Gasteiger partial charge is 0.162 e. The summed E-state index contributed by atoms with van der Waals surface area (Å²) in [6, 6.07) is 4.15. The van der Waals surface area contributed by atoms with E-state index in [-0.39, 0.29) is 0 Å². The molecule has 4 heteroatoms. The summed E-state index contributed by atoms with van der Waals surface area (Å²) in [6.45, 7) is 4.71. The van der Waals surface area contributed by atoms with Crippen LogP contribution in [-0.2, 0) is 6.54 Å². The first kappa shape index (κ1) is 12.3. The molecule has 2 aliphatic rings. The van der Waals surface area contributed by atoms with E-state index in [1.165, 1.54) is 37.9 Å². The van der Waals surface area contributed by atoms with Gasteiger partial charge in [0.2, 0.25) is 0 Å². The third-order valence-corrected chi connectivity index (χ3v) is 4.29. The third-order valence-electron chi connectivity index (χ3n) is 3.55. The molecule has 1 saturated heterocycles. The summed E-state index contributed by atoms with van der Waals surface area (Å²) in [7, 11) is 0. The summed E-state index contributed by atoms with van der Waals surface area (Å²) in [5.74, 6) is 1.74.